The zero-order valence-corrected chi connectivity index (χ0v) is 20.0. The number of carbonyl (C=O) groups excluding carboxylic acids is 3. The Morgan fingerprint density at radius 1 is 0.912 bits per heavy atom. The van der Waals surface area contributed by atoms with Gasteiger partial charge in [-0.15, -0.1) is 0 Å². The molecule has 0 bridgehead atoms. The van der Waals surface area contributed by atoms with Gasteiger partial charge < -0.3 is 29.6 Å². The Labute approximate surface area is 199 Å². The molecule has 0 saturated heterocycles. The van der Waals surface area contributed by atoms with E-state index in [4.69, 9.17) is 18.9 Å². The van der Waals surface area contributed by atoms with Crippen molar-refractivity contribution in [1.29, 1.82) is 0 Å². The normalized spacial score (nSPS) is 11.6. The molecule has 0 aliphatic carbocycles. The average Bonchev–Trinajstić information content (AvgIpc) is 2.80. The summed E-state index contributed by atoms with van der Waals surface area (Å²) in [6.07, 6.45) is -1.00. The van der Waals surface area contributed by atoms with Gasteiger partial charge in [0.2, 0.25) is 0 Å². The van der Waals surface area contributed by atoms with E-state index in [0.29, 0.717) is 5.75 Å². The fourth-order valence-corrected chi connectivity index (χ4v) is 2.84. The first-order chi connectivity index (χ1) is 16.2. The lowest BCUT2D eigenvalue weighted by atomic mass is 10.1. The molecule has 184 valence electrons. The molecule has 0 spiro atoms. The molecule has 0 heterocycles. The summed E-state index contributed by atoms with van der Waals surface area (Å²) in [5.74, 6) is 0.0183. The van der Waals surface area contributed by atoms with Gasteiger partial charge in [-0.25, -0.2) is 14.4 Å². The maximum Gasteiger partial charge on any atom is 0.408 e. The van der Waals surface area contributed by atoms with Crippen molar-refractivity contribution in [3.8, 4) is 5.75 Å². The largest absolute Gasteiger partial charge is 0.492 e. The van der Waals surface area contributed by atoms with Crippen molar-refractivity contribution in [2.75, 3.05) is 20.3 Å². The molecule has 0 aliphatic rings. The number of rotatable bonds is 10. The number of nitrogens with one attached hydrogen (secondary N) is 2. The summed E-state index contributed by atoms with van der Waals surface area (Å²) in [6.45, 7) is 6.01. The van der Waals surface area contributed by atoms with Crippen LogP contribution in [0.15, 0.2) is 54.6 Å². The van der Waals surface area contributed by atoms with Gasteiger partial charge in [-0.2, -0.15) is 0 Å². The summed E-state index contributed by atoms with van der Waals surface area (Å²) in [7, 11) is 1.26. The van der Waals surface area contributed by atoms with Gasteiger partial charge in [0.05, 0.1) is 13.7 Å². The zero-order chi connectivity index (χ0) is 25.0. The maximum atomic E-state index is 12.2. The van der Waals surface area contributed by atoms with Crippen LogP contribution in [0.5, 0.6) is 5.75 Å². The van der Waals surface area contributed by atoms with Crippen LogP contribution < -0.4 is 15.4 Å². The van der Waals surface area contributed by atoms with Crippen LogP contribution in [0.2, 0.25) is 0 Å². The third-order valence-corrected chi connectivity index (χ3v) is 4.39. The van der Waals surface area contributed by atoms with Crippen LogP contribution >= 0.6 is 0 Å². The minimum atomic E-state index is -0.905. The number of benzene rings is 2. The number of hydrogen-bond donors (Lipinski definition) is 2. The summed E-state index contributed by atoms with van der Waals surface area (Å²) < 4.78 is 20.8. The Kier molecular flexibility index (Phi) is 10.2. The van der Waals surface area contributed by atoms with Gasteiger partial charge >= 0.3 is 18.2 Å². The third-order valence-electron chi connectivity index (χ3n) is 4.39. The molecule has 2 aromatic carbocycles. The molecule has 2 amide bonds. The van der Waals surface area contributed by atoms with Gasteiger partial charge in [-0.05, 0) is 44.0 Å². The highest BCUT2D eigenvalue weighted by molar-refractivity contribution is 5.81. The summed E-state index contributed by atoms with van der Waals surface area (Å²) in [6, 6.07) is 15.4. The molecular weight excluding hydrogens is 440 g/mol. The van der Waals surface area contributed by atoms with Crippen LogP contribution in [0.1, 0.15) is 31.9 Å². The number of hydrogen-bond acceptors (Lipinski definition) is 7. The van der Waals surface area contributed by atoms with Crippen molar-refractivity contribution in [2.24, 2.45) is 0 Å². The van der Waals surface area contributed by atoms with Gasteiger partial charge in [0.1, 0.15) is 30.6 Å². The van der Waals surface area contributed by atoms with Crippen LogP contribution in [-0.4, -0.2) is 50.1 Å². The van der Waals surface area contributed by atoms with Gasteiger partial charge in [0, 0.05) is 6.42 Å². The smallest absolute Gasteiger partial charge is 0.408 e. The lowest BCUT2D eigenvalue weighted by Crippen LogP contribution is -2.43. The summed E-state index contributed by atoms with van der Waals surface area (Å²) >= 11 is 0. The minimum Gasteiger partial charge on any atom is -0.492 e. The van der Waals surface area contributed by atoms with Crippen LogP contribution in [0.4, 0.5) is 9.59 Å². The molecule has 0 radical (unpaired) electrons. The number of amides is 2. The van der Waals surface area contributed by atoms with E-state index in [2.05, 4.69) is 10.6 Å². The second kappa shape index (κ2) is 13.1. The highest BCUT2D eigenvalue weighted by Gasteiger charge is 2.23. The maximum absolute atomic E-state index is 12.2. The van der Waals surface area contributed by atoms with E-state index < -0.39 is 29.8 Å². The molecule has 0 saturated carbocycles. The van der Waals surface area contributed by atoms with E-state index in [-0.39, 0.29) is 26.2 Å². The highest BCUT2D eigenvalue weighted by atomic mass is 16.6. The Morgan fingerprint density at radius 2 is 1.59 bits per heavy atom. The fourth-order valence-electron chi connectivity index (χ4n) is 2.84. The third kappa shape index (κ3) is 10.2. The van der Waals surface area contributed by atoms with Crippen molar-refractivity contribution in [3.63, 3.8) is 0 Å². The van der Waals surface area contributed by atoms with E-state index in [1.165, 1.54) is 7.11 Å². The van der Waals surface area contributed by atoms with Gasteiger partial charge in [-0.1, -0.05) is 42.5 Å². The SMILES string of the molecule is COC(=O)C(Cc1ccc(OCCNC(=O)OC(C)(C)C)cc1)NC(=O)OCc1ccccc1. The van der Waals surface area contributed by atoms with E-state index in [9.17, 15) is 14.4 Å². The Balaban J connectivity index is 1.81. The van der Waals surface area contributed by atoms with Gasteiger partial charge in [-0.3, -0.25) is 0 Å². The van der Waals surface area contributed by atoms with Crippen molar-refractivity contribution in [3.05, 3.63) is 65.7 Å². The lowest BCUT2D eigenvalue weighted by Gasteiger charge is -2.19. The standard InChI is InChI=1S/C25H32N2O7/c1-25(2,3)34-23(29)26-14-15-32-20-12-10-18(11-13-20)16-21(22(28)31-4)27-24(30)33-17-19-8-6-5-7-9-19/h5-13,21H,14-17H2,1-4H3,(H,26,29)(H,27,30). The second-order valence-electron chi connectivity index (χ2n) is 8.41. The number of carbonyl (C=O) groups is 3. The van der Waals surface area contributed by atoms with Crippen molar-refractivity contribution < 1.29 is 33.3 Å². The minimum absolute atomic E-state index is 0.0926. The Bertz CT molecular complexity index is 925. The van der Waals surface area contributed by atoms with Gasteiger partial charge in [0.25, 0.3) is 0 Å². The average molecular weight is 473 g/mol. The first-order valence-electron chi connectivity index (χ1n) is 10.9. The van der Waals surface area contributed by atoms with Gasteiger partial charge in [0.15, 0.2) is 0 Å². The molecule has 2 rings (SSSR count). The number of alkyl carbamates (subject to hydrolysis) is 2. The van der Waals surface area contributed by atoms with Crippen molar-refractivity contribution in [2.45, 2.75) is 45.4 Å². The highest BCUT2D eigenvalue weighted by Crippen LogP contribution is 2.14. The molecule has 1 atom stereocenters. The summed E-state index contributed by atoms with van der Waals surface area (Å²) in [5, 5.41) is 5.17. The van der Waals surface area contributed by atoms with Crippen LogP contribution in [0.3, 0.4) is 0 Å². The quantitative estimate of drug-likeness (QED) is 0.309. The van der Waals surface area contributed by atoms with E-state index in [1.807, 2.05) is 30.3 Å². The predicted octanol–water partition coefficient (Wildman–Crippen LogP) is 3.60. The summed E-state index contributed by atoms with van der Waals surface area (Å²) in [4.78, 5) is 35.9. The molecule has 0 aromatic heterocycles. The summed E-state index contributed by atoms with van der Waals surface area (Å²) in [5.41, 5.74) is 1.07. The monoisotopic (exact) mass is 472 g/mol. The molecule has 1 unspecified atom stereocenters. The van der Waals surface area contributed by atoms with E-state index in [1.54, 1.807) is 45.0 Å². The molecule has 0 aliphatic heterocycles. The lowest BCUT2D eigenvalue weighted by molar-refractivity contribution is -0.143. The van der Waals surface area contributed by atoms with Crippen LogP contribution in [-0.2, 0) is 32.0 Å². The topological polar surface area (TPSA) is 112 Å². The van der Waals surface area contributed by atoms with Crippen molar-refractivity contribution >= 4 is 18.2 Å². The molecule has 2 N–H and O–H groups in total. The molecule has 34 heavy (non-hydrogen) atoms. The number of esters is 1. The predicted molar refractivity (Wildman–Crippen MR) is 125 cm³/mol. The first kappa shape index (κ1) is 26.5. The molecule has 9 nitrogen and oxygen atoms in total. The molecule has 0 fully saturated rings. The number of ether oxygens (including phenoxy) is 4. The fraction of sp³-hybridized carbons (Fsp3) is 0.400. The molecular formula is C25H32N2O7. The van der Waals surface area contributed by atoms with E-state index >= 15 is 0 Å². The first-order valence-corrected chi connectivity index (χ1v) is 10.9. The van der Waals surface area contributed by atoms with E-state index in [0.717, 1.165) is 11.1 Å². The number of methoxy groups -OCH3 is 1. The van der Waals surface area contributed by atoms with Crippen molar-refractivity contribution in [1.82, 2.24) is 10.6 Å². The molecule has 2 aromatic rings. The Morgan fingerprint density at radius 3 is 2.21 bits per heavy atom. The molecule has 9 heteroatoms. The zero-order valence-electron chi connectivity index (χ0n) is 20.0. The van der Waals surface area contributed by atoms with Crippen LogP contribution in [0, 0.1) is 0 Å². The second-order valence-corrected chi connectivity index (χ2v) is 8.41. The van der Waals surface area contributed by atoms with Crippen LogP contribution in [0.25, 0.3) is 0 Å². The Hall–Kier alpha value is -3.75.